The number of nitrogens with one attached hydrogen (secondary N) is 1. The Morgan fingerprint density at radius 3 is 2.44 bits per heavy atom. The van der Waals surface area contributed by atoms with Gasteiger partial charge in [-0.2, -0.15) is 0 Å². The first kappa shape index (κ1) is 14.2. The molecule has 0 aromatic carbocycles. The minimum atomic E-state index is -0.604. The topological polar surface area (TPSA) is 90.0 Å². The van der Waals surface area contributed by atoms with Crippen molar-refractivity contribution < 1.29 is 4.79 Å². The van der Waals surface area contributed by atoms with E-state index >= 15 is 0 Å². The molecule has 0 saturated heterocycles. The first-order valence-corrected chi connectivity index (χ1v) is 5.97. The largest absolute Gasteiger partial charge is 0.368 e. The molecule has 3 N–H and O–H groups in total. The van der Waals surface area contributed by atoms with Gasteiger partial charge in [-0.1, -0.05) is 13.8 Å². The van der Waals surface area contributed by atoms with E-state index in [4.69, 9.17) is 5.73 Å². The Labute approximate surface area is 106 Å². The summed E-state index contributed by atoms with van der Waals surface area (Å²) in [6, 6.07) is -0.569. The summed E-state index contributed by atoms with van der Waals surface area (Å²) in [5.41, 5.74) is 5.04. The Hall–Kier alpha value is -1.85. The van der Waals surface area contributed by atoms with Gasteiger partial charge in [-0.15, -0.1) is 0 Å². The summed E-state index contributed by atoms with van der Waals surface area (Å²) in [6.07, 6.45) is 3.15. The van der Waals surface area contributed by atoms with Crippen LogP contribution in [0.1, 0.15) is 33.7 Å². The lowest BCUT2D eigenvalue weighted by Gasteiger charge is -2.20. The lowest BCUT2D eigenvalue weighted by molar-refractivity contribution is -0.119. The predicted octanol–water partition coefficient (Wildman–Crippen LogP) is 0.746. The highest BCUT2D eigenvalue weighted by molar-refractivity contribution is 5.82. The van der Waals surface area contributed by atoms with Gasteiger partial charge in [0.1, 0.15) is 6.04 Å². The van der Waals surface area contributed by atoms with Crippen molar-refractivity contribution in [2.75, 3.05) is 5.32 Å². The fourth-order valence-electron chi connectivity index (χ4n) is 1.64. The van der Waals surface area contributed by atoms with Gasteiger partial charge in [-0.3, -0.25) is 9.59 Å². The lowest BCUT2D eigenvalue weighted by Crippen LogP contribution is -2.42. The second kappa shape index (κ2) is 5.66. The van der Waals surface area contributed by atoms with Gasteiger partial charge in [0.05, 0.1) is 0 Å². The molecule has 1 unspecified atom stereocenters. The number of hydrogen-bond donors (Lipinski definition) is 2. The fraction of sp³-hybridized carbons (Fsp3) is 0.583. The second-order valence-corrected chi connectivity index (χ2v) is 4.85. The van der Waals surface area contributed by atoms with Crippen molar-refractivity contribution in [1.82, 2.24) is 9.55 Å². The molecule has 18 heavy (non-hydrogen) atoms. The van der Waals surface area contributed by atoms with Gasteiger partial charge in [-0.25, -0.2) is 4.98 Å². The van der Waals surface area contributed by atoms with Crippen LogP contribution in [0.4, 0.5) is 5.82 Å². The first-order chi connectivity index (χ1) is 8.34. The Kier molecular flexibility index (Phi) is 4.47. The van der Waals surface area contributed by atoms with Crippen LogP contribution >= 0.6 is 0 Å². The van der Waals surface area contributed by atoms with Crippen LogP contribution in [0.15, 0.2) is 17.2 Å². The quantitative estimate of drug-likeness (QED) is 0.809. The van der Waals surface area contributed by atoms with Crippen LogP contribution in [-0.2, 0) is 4.79 Å². The Bertz CT molecular complexity index is 479. The number of carbonyl (C=O) groups excluding carboxylic acids is 1. The summed E-state index contributed by atoms with van der Waals surface area (Å²) in [5, 5.41) is 2.82. The van der Waals surface area contributed by atoms with Gasteiger partial charge < -0.3 is 15.6 Å². The fourth-order valence-corrected chi connectivity index (χ4v) is 1.64. The number of hydrogen-bond acceptors (Lipinski definition) is 4. The van der Waals surface area contributed by atoms with Crippen molar-refractivity contribution in [3.05, 3.63) is 22.7 Å². The van der Waals surface area contributed by atoms with Crippen molar-refractivity contribution in [1.29, 1.82) is 0 Å². The zero-order chi connectivity index (χ0) is 13.9. The summed E-state index contributed by atoms with van der Waals surface area (Å²) in [6.45, 7) is 7.51. The van der Waals surface area contributed by atoms with Crippen LogP contribution in [-0.4, -0.2) is 21.5 Å². The summed E-state index contributed by atoms with van der Waals surface area (Å²) in [5.74, 6) is -0.355. The molecule has 0 aliphatic rings. The molecule has 0 aliphatic carbocycles. The minimum Gasteiger partial charge on any atom is -0.368 e. The first-order valence-electron chi connectivity index (χ1n) is 5.97. The SMILES string of the molecule is CC(C)C(Nc1nccn(C(C)C)c1=O)C(N)=O. The number of nitrogens with two attached hydrogens (primary N) is 1. The van der Waals surface area contributed by atoms with Crippen molar-refractivity contribution >= 4 is 11.7 Å². The van der Waals surface area contributed by atoms with E-state index in [9.17, 15) is 9.59 Å². The molecule has 0 aliphatic heterocycles. The standard InChI is InChI=1S/C12H20N4O2/c1-7(2)9(10(13)17)15-11-12(18)16(8(3)4)6-5-14-11/h5-9H,1-4H3,(H2,13,17)(H,14,15). The molecule has 0 spiro atoms. The van der Waals surface area contributed by atoms with Crippen LogP contribution in [0.5, 0.6) is 0 Å². The number of carbonyl (C=O) groups is 1. The van der Waals surface area contributed by atoms with E-state index in [1.165, 1.54) is 6.20 Å². The molecule has 100 valence electrons. The van der Waals surface area contributed by atoms with Crippen LogP contribution in [0, 0.1) is 5.92 Å². The highest BCUT2D eigenvalue weighted by Crippen LogP contribution is 2.08. The molecular formula is C12H20N4O2. The molecule has 0 saturated carbocycles. The van der Waals surface area contributed by atoms with E-state index in [1.807, 2.05) is 27.7 Å². The molecular weight excluding hydrogens is 232 g/mol. The zero-order valence-electron chi connectivity index (χ0n) is 11.2. The van der Waals surface area contributed by atoms with Crippen LogP contribution in [0.25, 0.3) is 0 Å². The van der Waals surface area contributed by atoms with Crippen LogP contribution in [0.2, 0.25) is 0 Å². The molecule has 1 aromatic heterocycles. The van der Waals surface area contributed by atoms with Crippen LogP contribution < -0.4 is 16.6 Å². The van der Waals surface area contributed by atoms with E-state index in [0.29, 0.717) is 0 Å². The molecule has 1 rings (SSSR count). The Morgan fingerprint density at radius 2 is 2.00 bits per heavy atom. The smallest absolute Gasteiger partial charge is 0.293 e. The molecule has 6 heteroatoms. The maximum Gasteiger partial charge on any atom is 0.293 e. The van der Waals surface area contributed by atoms with Gasteiger partial charge >= 0.3 is 0 Å². The third-order valence-electron chi connectivity index (χ3n) is 2.69. The molecule has 1 heterocycles. The summed E-state index contributed by atoms with van der Waals surface area (Å²) in [7, 11) is 0. The minimum absolute atomic E-state index is 0.0172. The molecule has 0 fully saturated rings. The van der Waals surface area contributed by atoms with E-state index in [1.54, 1.807) is 10.8 Å². The van der Waals surface area contributed by atoms with Crippen molar-refractivity contribution in [3.63, 3.8) is 0 Å². The van der Waals surface area contributed by atoms with Gasteiger partial charge in [0.2, 0.25) is 5.91 Å². The summed E-state index contributed by atoms with van der Waals surface area (Å²) < 4.78 is 1.55. The molecule has 1 atom stereocenters. The number of primary amides is 1. The number of amides is 1. The van der Waals surface area contributed by atoms with E-state index in [0.717, 1.165) is 0 Å². The monoisotopic (exact) mass is 252 g/mol. The van der Waals surface area contributed by atoms with E-state index in [-0.39, 0.29) is 23.3 Å². The average Bonchev–Trinajstić information content (AvgIpc) is 2.26. The highest BCUT2D eigenvalue weighted by atomic mass is 16.1. The lowest BCUT2D eigenvalue weighted by atomic mass is 10.0. The van der Waals surface area contributed by atoms with Crippen molar-refractivity contribution in [3.8, 4) is 0 Å². The number of rotatable bonds is 5. The third kappa shape index (κ3) is 3.09. The molecule has 1 amide bonds. The van der Waals surface area contributed by atoms with Crippen LogP contribution in [0.3, 0.4) is 0 Å². The molecule has 1 aromatic rings. The molecule has 6 nitrogen and oxygen atoms in total. The van der Waals surface area contributed by atoms with Gasteiger partial charge in [-0.05, 0) is 19.8 Å². The average molecular weight is 252 g/mol. The number of nitrogens with zero attached hydrogens (tertiary/aromatic N) is 2. The maximum atomic E-state index is 12.1. The number of anilines is 1. The van der Waals surface area contributed by atoms with Gasteiger partial charge in [0, 0.05) is 18.4 Å². The zero-order valence-corrected chi connectivity index (χ0v) is 11.2. The Morgan fingerprint density at radius 1 is 1.39 bits per heavy atom. The highest BCUT2D eigenvalue weighted by Gasteiger charge is 2.21. The third-order valence-corrected chi connectivity index (χ3v) is 2.69. The molecule has 0 bridgehead atoms. The second-order valence-electron chi connectivity index (χ2n) is 4.85. The molecule has 0 radical (unpaired) electrons. The van der Waals surface area contributed by atoms with Gasteiger partial charge in [0.15, 0.2) is 5.82 Å². The maximum absolute atomic E-state index is 12.1. The normalized spacial score (nSPS) is 12.8. The summed E-state index contributed by atoms with van der Waals surface area (Å²) >= 11 is 0. The van der Waals surface area contributed by atoms with Gasteiger partial charge in [0.25, 0.3) is 5.56 Å². The Balaban J connectivity index is 3.08. The predicted molar refractivity (Wildman–Crippen MR) is 70.3 cm³/mol. The number of aromatic nitrogens is 2. The van der Waals surface area contributed by atoms with E-state index < -0.39 is 11.9 Å². The van der Waals surface area contributed by atoms with Crippen molar-refractivity contribution in [2.24, 2.45) is 11.7 Å². The summed E-state index contributed by atoms with van der Waals surface area (Å²) in [4.78, 5) is 27.3. The van der Waals surface area contributed by atoms with Crippen molar-refractivity contribution in [2.45, 2.75) is 39.8 Å². The van der Waals surface area contributed by atoms with E-state index in [2.05, 4.69) is 10.3 Å².